The van der Waals surface area contributed by atoms with Crippen LogP contribution in [-0.4, -0.2) is 18.9 Å². The van der Waals surface area contributed by atoms with Gasteiger partial charge in [-0.1, -0.05) is 41.6 Å². The van der Waals surface area contributed by atoms with E-state index in [2.05, 4.69) is 5.16 Å². The van der Waals surface area contributed by atoms with E-state index in [0.29, 0.717) is 28.3 Å². The third-order valence-electron chi connectivity index (χ3n) is 4.50. The van der Waals surface area contributed by atoms with Crippen LogP contribution in [0.2, 0.25) is 0 Å². The number of oxime groups is 1. The van der Waals surface area contributed by atoms with Gasteiger partial charge in [-0.15, -0.1) is 0 Å². The first kappa shape index (κ1) is 20.7. The second-order valence-corrected chi connectivity index (χ2v) is 6.51. The number of nitrogens with zero attached hydrogens (tertiary/aromatic N) is 1. The molecule has 3 aromatic carbocycles. The van der Waals surface area contributed by atoms with Gasteiger partial charge in [-0.25, -0.2) is 4.79 Å². The Kier molecular flexibility index (Phi) is 6.54. The summed E-state index contributed by atoms with van der Waals surface area (Å²) in [6.45, 7) is 2.08. The fraction of sp³-hybridized carbons (Fsp3) is 0.130. The maximum absolute atomic E-state index is 12.4. The number of hydrogen-bond donors (Lipinski definition) is 2. The number of rotatable bonds is 7. The molecule has 0 spiro atoms. The SMILES string of the molecule is COc1ccccc1OCc1cccc(C(=O)O/N=C(\N)c2cccc(N)c2C)c1. The fourth-order valence-corrected chi connectivity index (χ4v) is 2.81. The first-order valence-corrected chi connectivity index (χ1v) is 9.24. The van der Waals surface area contributed by atoms with E-state index >= 15 is 0 Å². The van der Waals surface area contributed by atoms with E-state index in [4.69, 9.17) is 25.8 Å². The summed E-state index contributed by atoms with van der Waals surface area (Å²) in [6.07, 6.45) is 0. The number of nitrogens with two attached hydrogens (primary N) is 2. The van der Waals surface area contributed by atoms with Crippen molar-refractivity contribution in [2.75, 3.05) is 12.8 Å². The van der Waals surface area contributed by atoms with Gasteiger partial charge in [0.05, 0.1) is 12.7 Å². The van der Waals surface area contributed by atoms with Crippen molar-refractivity contribution in [3.05, 3.63) is 89.0 Å². The second kappa shape index (κ2) is 9.47. The third kappa shape index (κ3) is 4.88. The molecule has 0 saturated heterocycles. The second-order valence-electron chi connectivity index (χ2n) is 6.51. The topological polar surface area (TPSA) is 109 Å². The van der Waals surface area contributed by atoms with Crippen molar-refractivity contribution in [1.82, 2.24) is 0 Å². The molecule has 0 radical (unpaired) electrons. The third-order valence-corrected chi connectivity index (χ3v) is 4.50. The monoisotopic (exact) mass is 405 g/mol. The van der Waals surface area contributed by atoms with E-state index in [1.54, 1.807) is 43.5 Å². The minimum Gasteiger partial charge on any atom is -0.493 e. The van der Waals surface area contributed by atoms with Gasteiger partial charge in [-0.3, -0.25) is 0 Å². The molecule has 0 saturated carbocycles. The predicted molar refractivity (Wildman–Crippen MR) is 115 cm³/mol. The summed E-state index contributed by atoms with van der Waals surface area (Å²) in [5.41, 5.74) is 14.9. The zero-order valence-corrected chi connectivity index (χ0v) is 16.8. The van der Waals surface area contributed by atoms with Crippen molar-refractivity contribution in [1.29, 1.82) is 0 Å². The Morgan fingerprint density at radius 1 is 1.00 bits per heavy atom. The van der Waals surface area contributed by atoms with E-state index in [1.165, 1.54) is 0 Å². The van der Waals surface area contributed by atoms with Gasteiger partial charge in [0, 0.05) is 11.3 Å². The quantitative estimate of drug-likeness (QED) is 0.204. The van der Waals surface area contributed by atoms with Crippen LogP contribution in [0, 0.1) is 6.92 Å². The number of methoxy groups -OCH3 is 1. The lowest BCUT2D eigenvalue weighted by molar-refractivity contribution is 0.0516. The van der Waals surface area contributed by atoms with E-state index in [0.717, 1.165) is 11.1 Å². The molecule has 154 valence electrons. The first-order valence-electron chi connectivity index (χ1n) is 9.24. The molecule has 4 N–H and O–H groups in total. The molecule has 0 amide bonds. The lowest BCUT2D eigenvalue weighted by atomic mass is 10.1. The highest BCUT2D eigenvalue weighted by molar-refractivity contribution is 6.00. The number of nitrogen functional groups attached to an aromatic ring is 1. The van der Waals surface area contributed by atoms with Crippen LogP contribution in [0.15, 0.2) is 71.9 Å². The first-order chi connectivity index (χ1) is 14.5. The van der Waals surface area contributed by atoms with Gasteiger partial charge in [0.1, 0.15) is 6.61 Å². The van der Waals surface area contributed by atoms with Crippen LogP contribution in [-0.2, 0) is 11.4 Å². The van der Waals surface area contributed by atoms with Crippen LogP contribution in [0.5, 0.6) is 11.5 Å². The van der Waals surface area contributed by atoms with Crippen molar-refractivity contribution in [2.24, 2.45) is 10.9 Å². The van der Waals surface area contributed by atoms with Gasteiger partial charge in [0.15, 0.2) is 17.3 Å². The van der Waals surface area contributed by atoms with Gasteiger partial charge in [-0.2, -0.15) is 0 Å². The standard InChI is InChI=1S/C23H23N3O4/c1-15-18(9-6-10-19(15)24)22(25)26-30-23(27)17-8-5-7-16(13-17)14-29-21-12-4-3-11-20(21)28-2/h3-13H,14,24H2,1-2H3,(H2,25,26). The van der Waals surface area contributed by atoms with Gasteiger partial charge < -0.3 is 25.8 Å². The van der Waals surface area contributed by atoms with Crippen LogP contribution in [0.4, 0.5) is 5.69 Å². The number of benzene rings is 3. The number of anilines is 1. The Morgan fingerprint density at radius 3 is 2.50 bits per heavy atom. The lowest BCUT2D eigenvalue weighted by Gasteiger charge is -2.10. The summed E-state index contributed by atoms with van der Waals surface area (Å²) >= 11 is 0. The van der Waals surface area contributed by atoms with Crippen molar-refractivity contribution in [2.45, 2.75) is 13.5 Å². The molecule has 0 bridgehead atoms. The predicted octanol–water partition coefficient (Wildman–Crippen LogP) is 3.64. The summed E-state index contributed by atoms with van der Waals surface area (Å²) in [4.78, 5) is 17.4. The maximum Gasteiger partial charge on any atom is 0.365 e. The van der Waals surface area contributed by atoms with Gasteiger partial charge in [-0.05, 0) is 48.4 Å². The van der Waals surface area contributed by atoms with Crippen molar-refractivity contribution < 1.29 is 19.1 Å². The molecule has 0 heterocycles. The molecule has 3 aromatic rings. The Bertz CT molecular complexity index is 1080. The number of ether oxygens (including phenoxy) is 2. The molecule has 0 atom stereocenters. The van der Waals surface area contributed by atoms with Gasteiger partial charge >= 0.3 is 5.97 Å². The number of carbonyl (C=O) groups is 1. The molecule has 3 rings (SSSR count). The van der Waals surface area contributed by atoms with Crippen molar-refractivity contribution in [3.8, 4) is 11.5 Å². The van der Waals surface area contributed by atoms with Crippen molar-refractivity contribution >= 4 is 17.5 Å². The lowest BCUT2D eigenvalue weighted by Crippen LogP contribution is -2.17. The van der Waals surface area contributed by atoms with Gasteiger partial charge in [0.2, 0.25) is 0 Å². The summed E-state index contributed by atoms with van der Waals surface area (Å²) in [5.74, 6) is 0.694. The molecule has 0 aromatic heterocycles. The molecule has 7 nitrogen and oxygen atoms in total. The molecule has 0 aliphatic rings. The van der Waals surface area contributed by atoms with E-state index in [-0.39, 0.29) is 12.4 Å². The molecule has 7 heteroatoms. The minimum atomic E-state index is -0.626. The normalized spacial score (nSPS) is 11.1. The summed E-state index contributed by atoms with van der Waals surface area (Å²) in [7, 11) is 1.58. The number of hydrogen-bond acceptors (Lipinski definition) is 6. The van der Waals surface area contributed by atoms with Crippen LogP contribution in [0.25, 0.3) is 0 Å². The Hall–Kier alpha value is -4.00. The summed E-state index contributed by atoms with van der Waals surface area (Å²) in [5, 5.41) is 3.76. The number of amidine groups is 1. The summed E-state index contributed by atoms with van der Waals surface area (Å²) < 4.78 is 11.1. The van der Waals surface area contributed by atoms with E-state index in [9.17, 15) is 4.79 Å². The molecule has 0 aliphatic heterocycles. The Labute approximate surface area is 174 Å². The van der Waals surface area contributed by atoms with Crippen LogP contribution in [0.3, 0.4) is 0 Å². The molecular formula is C23H23N3O4. The van der Waals surface area contributed by atoms with Crippen LogP contribution in [0.1, 0.15) is 27.0 Å². The minimum absolute atomic E-state index is 0.0730. The Morgan fingerprint density at radius 2 is 1.73 bits per heavy atom. The molecule has 0 fully saturated rings. The smallest absolute Gasteiger partial charge is 0.365 e. The fourth-order valence-electron chi connectivity index (χ4n) is 2.81. The highest BCUT2D eigenvalue weighted by Crippen LogP contribution is 2.26. The zero-order chi connectivity index (χ0) is 21.5. The largest absolute Gasteiger partial charge is 0.493 e. The summed E-state index contributed by atoms with van der Waals surface area (Å²) in [6, 6.07) is 19.5. The van der Waals surface area contributed by atoms with E-state index in [1.807, 2.05) is 37.3 Å². The number of para-hydroxylation sites is 2. The molecule has 0 unspecified atom stereocenters. The van der Waals surface area contributed by atoms with E-state index < -0.39 is 5.97 Å². The van der Waals surface area contributed by atoms with Crippen molar-refractivity contribution in [3.63, 3.8) is 0 Å². The van der Waals surface area contributed by atoms with Crippen LogP contribution < -0.4 is 20.9 Å². The van der Waals surface area contributed by atoms with Gasteiger partial charge in [0.25, 0.3) is 0 Å². The average Bonchev–Trinajstić information content (AvgIpc) is 2.78. The maximum atomic E-state index is 12.4. The zero-order valence-electron chi connectivity index (χ0n) is 16.8. The molecular weight excluding hydrogens is 382 g/mol. The molecule has 0 aliphatic carbocycles. The average molecular weight is 405 g/mol. The highest BCUT2D eigenvalue weighted by atomic mass is 16.7. The highest BCUT2D eigenvalue weighted by Gasteiger charge is 2.11. The Balaban J connectivity index is 1.68. The number of carbonyl (C=O) groups excluding carboxylic acids is 1. The van der Waals surface area contributed by atoms with Crippen LogP contribution >= 0.6 is 0 Å². The molecule has 30 heavy (non-hydrogen) atoms.